The zero-order valence-corrected chi connectivity index (χ0v) is 13.7. The zero-order chi connectivity index (χ0) is 14.0. The van der Waals surface area contributed by atoms with Crippen molar-refractivity contribution in [3.05, 3.63) is 16.1 Å². The quantitative estimate of drug-likeness (QED) is 0.871. The molecule has 1 aromatic rings. The van der Waals surface area contributed by atoms with Gasteiger partial charge in [-0.1, -0.05) is 20.8 Å². The lowest BCUT2D eigenvalue weighted by molar-refractivity contribution is 0.189. The predicted molar refractivity (Wildman–Crippen MR) is 81.3 cm³/mol. The summed E-state index contributed by atoms with van der Waals surface area (Å²) in [6.07, 6.45) is 3.15. The molecule has 0 fully saturated rings. The summed E-state index contributed by atoms with van der Waals surface area (Å²) < 4.78 is 0. The van der Waals surface area contributed by atoms with Crippen molar-refractivity contribution in [3.63, 3.8) is 0 Å². The second kappa shape index (κ2) is 5.70. The van der Waals surface area contributed by atoms with Gasteiger partial charge in [0.25, 0.3) is 0 Å². The van der Waals surface area contributed by atoms with Crippen molar-refractivity contribution in [1.29, 1.82) is 0 Å². The van der Waals surface area contributed by atoms with Crippen LogP contribution in [-0.2, 0) is 6.42 Å². The molecular formula is C15H28N2S. The highest BCUT2D eigenvalue weighted by molar-refractivity contribution is 7.11. The molecule has 104 valence electrons. The maximum Gasteiger partial charge on any atom is 0.0896 e. The molecule has 0 aliphatic carbocycles. The predicted octanol–water partition coefficient (Wildman–Crippen LogP) is 4.04. The van der Waals surface area contributed by atoms with Gasteiger partial charge in [-0.05, 0) is 45.4 Å². The van der Waals surface area contributed by atoms with Gasteiger partial charge in [0.15, 0.2) is 0 Å². The number of aromatic nitrogens is 1. The molecule has 1 aromatic heterocycles. The van der Waals surface area contributed by atoms with Crippen molar-refractivity contribution in [2.45, 2.75) is 60.4 Å². The monoisotopic (exact) mass is 268 g/mol. The van der Waals surface area contributed by atoms with Crippen LogP contribution in [0.15, 0.2) is 6.20 Å². The summed E-state index contributed by atoms with van der Waals surface area (Å²) in [4.78, 5) is 5.77. The molecule has 1 atom stereocenters. The Morgan fingerprint density at radius 1 is 1.28 bits per heavy atom. The fraction of sp³-hybridized carbons (Fsp3) is 0.800. The minimum atomic E-state index is 0.180. The highest BCUT2D eigenvalue weighted by Crippen LogP contribution is 2.33. The lowest BCUT2D eigenvalue weighted by Crippen LogP contribution is -2.45. The number of thiazole rings is 1. The molecule has 1 unspecified atom stereocenters. The summed E-state index contributed by atoms with van der Waals surface area (Å²) in [5.74, 6) is 0.648. The van der Waals surface area contributed by atoms with Crippen molar-refractivity contribution in [3.8, 4) is 0 Å². The summed E-state index contributed by atoms with van der Waals surface area (Å²) in [5.41, 5.74) is 0.464. The fourth-order valence-corrected chi connectivity index (χ4v) is 2.82. The van der Waals surface area contributed by atoms with Gasteiger partial charge in [-0.3, -0.25) is 0 Å². The minimum Gasteiger partial charge on any atom is -0.312 e. The highest BCUT2D eigenvalue weighted by atomic mass is 32.1. The normalized spacial score (nSPS) is 16.0. The van der Waals surface area contributed by atoms with E-state index in [-0.39, 0.29) is 11.0 Å². The molecule has 0 spiro atoms. The van der Waals surface area contributed by atoms with E-state index in [2.05, 4.69) is 58.8 Å². The van der Waals surface area contributed by atoms with Crippen molar-refractivity contribution in [2.75, 3.05) is 6.54 Å². The van der Waals surface area contributed by atoms with Crippen LogP contribution in [0.25, 0.3) is 0 Å². The lowest BCUT2D eigenvalue weighted by Gasteiger charge is -2.36. The number of hydrogen-bond donors (Lipinski definition) is 1. The second-order valence-electron chi connectivity index (χ2n) is 6.93. The van der Waals surface area contributed by atoms with E-state index in [9.17, 15) is 0 Å². The minimum absolute atomic E-state index is 0.180. The van der Waals surface area contributed by atoms with E-state index in [4.69, 9.17) is 0 Å². The van der Waals surface area contributed by atoms with E-state index in [1.54, 1.807) is 0 Å². The van der Waals surface area contributed by atoms with Crippen LogP contribution in [0.2, 0.25) is 0 Å². The fourth-order valence-electron chi connectivity index (χ4n) is 1.82. The van der Waals surface area contributed by atoms with Gasteiger partial charge >= 0.3 is 0 Å². The Labute approximate surface area is 116 Å². The average Bonchev–Trinajstić information content (AvgIpc) is 2.60. The van der Waals surface area contributed by atoms with Crippen LogP contribution in [0, 0.1) is 18.3 Å². The Morgan fingerprint density at radius 2 is 1.89 bits per heavy atom. The van der Waals surface area contributed by atoms with E-state index in [0.29, 0.717) is 5.92 Å². The van der Waals surface area contributed by atoms with Crippen LogP contribution in [-0.4, -0.2) is 17.1 Å². The maximum atomic E-state index is 4.37. The number of rotatable bonds is 5. The molecule has 1 rings (SSSR count). The van der Waals surface area contributed by atoms with Crippen LogP contribution >= 0.6 is 11.3 Å². The van der Waals surface area contributed by atoms with Crippen molar-refractivity contribution in [1.82, 2.24) is 10.3 Å². The van der Waals surface area contributed by atoms with Gasteiger partial charge < -0.3 is 5.32 Å². The van der Waals surface area contributed by atoms with Crippen LogP contribution in [0.3, 0.4) is 0 Å². The van der Waals surface area contributed by atoms with E-state index in [1.807, 2.05) is 17.5 Å². The van der Waals surface area contributed by atoms with Gasteiger partial charge in [0, 0.05) is 23.2 Å². The van der Waals surface area contributed by atoms with Crippen molar-refractivity contribution >= 4 is 11.3 Å². The van der Waals surface area contributed by atoms with Gasteiger partial charge in [0.1, 0.15) is 0 Å². The maximum absolute atomic E-state index is 4.37. The standard InChI is InChI=1S/C15H28N2S/c1-11(2)15(7,10-17-14(4,5)6)8-13-9-16-12(3)18-13/h9,11,17H,8,10H2,1-7H3. The molecule has 3 heteroatoms. The topological polar surface area (TPSA) is 24.9 Å². The Morgan fingerprint density at radius 3 is 2.28 bits per heavy atom. The summed E-state index contributed by atoms with van der Waals surface area (Å²) >= 11 is 1.83. The smallest absolute Gasteiger partial charge is 0.0896 e. The number of aryl methyl sites for hydroxylation is 1. The van der Waals surface area contributed by atoms with Crippen LogP contribution < -0.4 is 5.32 Å². The molecule has 0 aromatic carbocycles. The van der Waals surface area contributed by atoms with Crippen molar-refractivity contribution in [2.24, 2.45) is 11.3 Å². The largest absolute Gasteiger partial charge is 0.312 e. The first-order chi connectivity index (χ1) is 8.12. The molecule has 0 saturated carbocycles. The van der Waals surface area contributed by atoms with E-state index in [1.165, 1.54) is 9.88 Å². The molecular weight excluding hydrogens is 240 g/mol. The Balaban J connectivity index is 2.74. The van der Waals surface area contributed by atoms with Crippen molar-refractivity contribution < 1.29 is 0 Å². The molecule has 0 aliphatic heterocycles. The van der Waals surface area contributed by atoms with Gasteiger partial charge in [-0.25, -0.2) is 4.98 Å². The molecule has 0 amide bonds. The zero-order valence-electron chi connectivity index (χ0n) is 12.9. The Kier molecular flexibility index (Phi) is 4.96. The summed E-state index contributed by atoms with van der Waals surface area (Å²) in [6, 6.07) is 0. The van der Waals surface area contributed by atoms with Gasteiger partial charge in [0.2, 0.25) is 0 Å². The van der Waals surface area contributed by atoms with E-state index >= 15 is 0 Å². The molecule has 0 bridgehead atoms. The third-order valence-electron chi connectivity index (χ3n) is 3.66. The first-order valence-corrected chi connectivity index (χ1v) is 7.60. The first kappa shape index (κ1) is 15.6. The summed E-state index contributed by atoms with van der Waals surface area (Å²) in [7, 11) is 0. The molecule has 18 heavy (non-hydrogen) atoms. The van der Waals surface area contributed by atoms with Crippen LogP contribution in [0.4, 0.5) is 0 Å². The molecule has 0 saturated heterocycles. The number of hydrogen-bond acceptors (Lipinski definition) is 3. The molecule has 0 aliphatic rings. The van der Waals surface area contributed by atoms with Gasteiger partial charge in [-0.15, -0.1) is 11.3 Å². The van der Waals surface area contributed by atoms with Crippen LogP contribution in [0.5, 0.6) is 0 Å². The van der Waals surface area contributed by atoms with Gasteiger partial charge in [0.05, 0.1) is 5.01 Å². The summed E-state index contributed by atoms with van der Waals surface area (Å²) in [5, 5.41) is 4.82. The second-order valence-corrected chi connectivity index (χ2v) is 8.25. The van der Waals surface area contributed by atoms with E-state index < -0.39 is 0 Å². The summed E-state index contributed by atoms with van der Waals surface area (Å²) in [6.45, 7) is 16.8. The number of nitrogens with zero attached hydrogens (tertiary/aromatic N) is 1. The van der Waals surface area contributed by atoms with Crippen LogP contribution in [0.1, 0.15) is 51.4 Å². The van der Waals surface area contributed by atoms with E-state index in [0.717, 1.165) is 13.0 Å². The Bertz CT molecular complexity index is 376. The third kappa shape index (κ3) is 4.69. The Hall–Kier alpha value is -0.410. The first-order valence-electron chi connectivity index (χ1n) is 6.79. The SMILES string of the molecule is Cc1ncc(CC(C)(CNC(C)(C)C)C(C)C)s1. The van der Waals surface area contributed by atoms with Gasteiger partial charge in [-0.2, -0.15) is 0 Å². The number of nitrogens with one attached hydrogen (secondary N) is 1. The lowest BCUT2D eigenvalue weighted by atomic mass is 9.75. The molecule has 2 nitrogen and oxygen atoms in total. The third-order valence-corrected chi connectivity index (χ3v) is 4.58. The molecule has 1 heterocycles. The molecule has 1 N–H and O–H groups in total. The highest BCUT2D eigenvalue weighted by Gasteiger charge is 2.30. The molecule has 0 radical (unpaired) electrons. The average molecular weight is 268 g/mol.